The molecule has 0 spiro atoms. The number of thiazole rings is 1. The number of aryl methyl sites for hydroxylation is 1. The molecule has 0 saturated heterocycles. The van der Waals surface area contributed by atoms with Gasteiger partial charge in [0.15, 0.2) is 11.5 Å². The average molecular weight is 578 g/mol. The molecule has 1 aromatic heterocycles. The van der Waals surface area contributed by atoms with Crippen LogP contribution in [0.25, 0.3) is 18.1 Å². The van der Waals surface area contributed by atoms with Gasteiger partial charge in [-0.3, -0.25) is 9.10 Å². The summed E-state index contributed by atoms with van der Waals surface area (Å²) in [6.45, 7) is 1.87. The molecule has 2 heterocycles. The van der Waals surface area contributed by atoms with Crippen LogP contribution in [0.2, 0.25) is 0 Å². The van der Waals surface area contributed by atoms with Gasteiger partial charge in [-0.2, -0.15) is 0 Å². The van der Waals surface area contributed by atoms with E-state index >= 15 is 0 Å². The van der Waals surface area contributed by atoms with Gasteiger partial charge in [-0.1, -0.05) is 12.1 Å². The SMILES string of the molecule is Cc1cnc(CC(=O)C2=C(O)c3ccccc3S(=O)(=O)N2C)s1.[NH2-].[NH2-].[Pt+2]. The molecule has 0 fully saturated rings. The van der Waals surface area contributed by atoms with Gasteiger partial charge in [0.1, 0.15) is 10.7 Å². The van der Waals surface area contributed by atoms with Gasteiger partial charge in [-0.05, 0) is 19.1 Å². The number of hydrogen-bond donors (Lipinski definition) is 1. The van der Waals surface area contributed by atoms with E-state index < -0.39 is 15.8 Å². The Morgan fingerprint density at radius 2 is 1.88 bits per heavy atom. The smallest absolute Gasteiger partial charge is 0.693 e. The fourth-order valence-electron chi connectivity index (χ4n) is 2.44. The van der Waals surface area contributed by atoms with Crippen LogP contribution >= 0.6 is 11.3 Å². The monoisotopic (exact) mass is 577 g/mol. The second-order valence-corrected chi connectivity index (χ2v) is 8.39. The predicted octanol–water partition coefficient (Wildman–Crippen LogP) is 3.56. The van der Waals surface area contributed by atoms with Crippen LogP contribution < -0.4 is 0 Å². The first-order valence-corrected chi connectivity index (χ1v) is 9.04. The van der Waals surface area contributed by atoms with Gasteiger partial charge in [0.05, 0.1) is 11.3 Å². The third kappa shape index (κ3) is 4.05. The molecule has 2 aromatic rings. The number of rotatable bonds is 3. The van der Waals surface area contributed by atoms with Crippen LogP contribution in [0.4, 0.5) is 0 Å². The molecule has 0 saturated carbocycles. The van der Waals surface area contributed by atoms with Crippen molar-refractivity contribution in [3.05, 3.63) is 63.9 Å². The van der Waals surface area contributed by atoms with Crippen molar-refractivity contribution in [1.29, 1.82) is 0 Å². The van der Waals surface area contributed by atoms with Crippen LogP contribution in [0.5, 0.6) is 0 Å². The normalized spacial score (nSPS) is 14.5. The number of hydrogen-bond acceptors (Lipinski definition) is 6. The van der Waals surface area contributed by atoms with Crippen molar-refractivity contribution < 1.29 is 39.4 Å². The minimum atomic E-state index is -3.86. The number of sulfonamides is 1. The van der Waals surface area contributed by atoms with E-state index in [1.54, 1.807) is 18.3 Å². The zero-order chi connectivity index (χ0) is 16.8. The summed E-state index contributed by atoms with van der Waals surface area (Å²) in [4.78, 5) is 17.6. The molecule has 8 nitrogen and oxygen atoms in total. The Balaban J connectivity index is 0.00000208. The molecule has 0 atom stereocenters. The number of Topliss-reactive ketones (excluding diaryl/α,β-unsaturated/α-hetero) is 1. The van der Waals surface area contributed by atoms with E-state index in [-0.39, 0.29) is 61.7 Å². The molecule has 1 aromatic carbocycles. The van der Waals surface area contributed by atoms with Gasteiger partial charge in [-0.15, -0.1) is 11.3 Å². The number of aliphatic hydroxyl groups excluding tert-OH is 1. The van der Waals surface area contributed by atoms with Crippen LogP contribution in [0.3, 0.4) is 0 Å². The van der Waals surface area contributed by atoms with E-state index in [0.717, 1.165) is 9.18 Å². The van der Waals surface area contributed by atoms with Crippen molar-refractivity contribution in [2.45, 2.75) is 18.2 Å². The number of fused-ring (bicyclic) bond motifs is 1. The van der Waals surface area contributed by atoms with Crippen LogP contribution in [0, 0.1) is 6.92 Å². The molecular formula is C15H18N4O4PtS2. The number of ketones is 1. The third-order valence-electron chi connectivity index (χ3n) is 3.56. The van der Waals surface area contributed by atoms with Crippen LogP contribution in [0.1, 0.15) is 15.4 Å². The molecule has 144 valence electrons. The molecule has 0 unspecified atom stereocenters. The van der Waals surface area contributed by atoms with Crippen LogP contribution in [0.15, 0.2) is 41.1 Å². The van der Waals surface area contributed by atoms with Gasteiger partial charge >= 0.3 is 21.1 Å². The van der Waals surface area contributed by atoms with E-state index in [4.69, 9.17) is 0 Å². The third-order valence-corrected chi connectivity index (χ3v) is 6.29. The fraction of sp³-hybridized carbons (Fsp3) is 0.200. The van der Waals surface area contributed by atoms with Gasteiger partial charge in [0, 0.05) is 23.7 Å². The van der Waals surface area contributed by atoms with Crippen molar-refractivity contribution in [2.75, 3.05) is 7.05 Å². The van der Waals surface area contributed by atoms with Crippen molar-refractivity contribution >= 4 is 32.9 Å². The number of carbonyl (C=O) groups is 1. The first kappa shape index (κ1) is 24.4. The number of likely N-dealkylation sites (N-methyl/N-ethyl adjacent to an activating group) is 1. The van der Waals surface area contributed by atoms with Crippen LogP contribution in [-0.2, 0) is 42.3 Å². The molecule has 0 radical (unpaired) electrons. The number of nitrogens with two attached hydrogens (primary N) is 2. The number of nitrogens with zero attached hydrogens (tertiary/aromatic N) is 2. The van der Waals surface area contributed by atoms with E-state index in [9.17, 15) is 18.3 Å². The Morgan fingerprint density at radius 3 is 2.46 bits per heavy atom. The molecule has 1 aliphatic rings. The summed E-state index contributed by atoms with van der Waals surface area (Å²) in [6, 6.07) is 6.07. The van der Waals surface area contributed by atoms with Gasteiger partial charge in [-0.25, -0.2) is 13.4 Å². The zero-order valence-electron chi connectivity index (χ0n) is 13.9. The molecule has 3 rings (SSSR count). The number of aliphatic hydroxyl groups is 1. The predicted molar refractivity (Wildman–Crippen MR) is 97.1 cm³/mol. The molecule has 0 aliphatic carbocycles. The Hall–Kier alpha value is -1.58. The van der Waals surface area contributed by atoms with Gasteiger partial charge in [0.2, 0.25) is 0 Å². The minimum absolute atomic E-state index is 0. The molecule has 0 bridgehead atoms. The first-order chi connectivity index (χ1) is 10.8. The second kappa shape index (κ2) is 8.87. The molecule has 0 amide bonds. The topological polar surface area (TPSA) is 155 Å². The fourth-order valence-corrected chi connectivity index (χ4v) is 4.65. The number of benzene rings is 1. The van der Waals surface area contributed by atoms with Crippen molar-refractivity contribution in [1.82, 2.24) is 9.29 Å². The van der Waals surface area contributed by atoms with Crippen molar-refractivity contribution in [3.8, 4) is 0 Å². The van der Waals surface area contributed by atoms with Crippen LogP contribution in [-0.4, -0.2) is 35.6 Å². The number of allylic oxidation sites excluding steroid dienone is 1. The zero-order valence-corrected chi connectivity index (χ0v) is 17.9. The van der Waals surface area contributed by atoms with Crippen molar-refractivity contribution in [3.63, 3.8) is 0 Å². The Morgan fingerprint density at radius 1 is 1.27 bits per heavy atom. The van der Waals surface area contributed by atoms with Gasteiger partial charge < -0.3 is 17.4 Å². The summed E-state index contributed by atoms with van der Waals surface area (Å²) in [7, 11) is -2.59. The minimum Gasteiger partial charge on any atom is -0.693 e. The standard InChI is InChI=1S/C15H14N2O4S2.2H2N.Pt/c1-9-8-16-13(22-9)7-11(18)14-15(19)10-5-3-4-6-12(10)23(20,21)17(14)2;;;/h3-6,8,19H,7H2,1-2H3;2*1H2;/q;2*-1;+2. The van der Waals surface area contributed by atoms with E-state index in [2.05, 4.69) is 4.98 Å². The molecule has 26 heavy (non-hydrogen) atoms. The summed E-state index contributed by atoms with van der Waals surface area (Å²) >= 11 is 1.36. The quantitative estimate of drug-likeness (QED) is 0.591. The Kier molecular flexibility index (Phi) is 8.33. The van der Waals surface area contributed by atoms with E-state index in [1.807, 2.05) is 6.92 Å². The maximum absolute atomic E-state index is 12.5. The molecular weight excluding hydrogens is 559 g/mol. The Labute approximate surface area is 170 Å². The average Bonchev–Trinajstić information content (AvgIpc) is 2.91. The number of aromatic nitrogens is 1. The summed E-state index contributed by atoms with van der Waals surface area (Å²) in [5, 5.41) is 11.0. The number of carbonyl (C=O) groups excluding carboxylic acids is 1. The Bertz CT molecular complexity index is 941. The molecule has 1 aliphatic heterocycles. The maximum Gasteiger partial charge on any atom is 2.00 e. The van der Waals surface area contributed by atoms with Gasteiger partial charge in [0.25, 0.3) is 10.0 Å². The summed E-state index contributed by atoms with van der Waals surface area (Å²) in [5.74, 6) is -0.811. The van der Waals surface area contributed by atoms with E-state index in [0.29, 0.717) is 5.01 Å². The van der Waals surface area contributed by atoms with E-state index in [1.165, 1.54) is 30.5 Å². The largest absolute Gasteiger partial charge is 2.00 e. The first-order valence-electron chi connectivity index (χ1n) is 6.78. The molecule has 11 heteroatoms. The maximum atomic E-state index is 12.5. The summed E-state index contributed by atoms with van der Waals surface area (Å²) in [6.07, 6.45) is 1.60. The summed E-state index contributed by atoms with van der Waals surface area (Å²) < 4.78 is 25.9. The van der Waals surface area contributed by atoms with Crippen molar-refractivity contribution in [2.24, 2.45) is 0 Å². The second-order valence-electron chi connectivity index (χ2n) is 5.13. The summed E-state index contributed by atoms with van der Waals surface area (Å²) in [5.41, 5.74) is -0.0826. The molecule has 5 N–H and O–H groups in total.